The number of carbonyl (C=O) groups is 4. The Hall–Kier alpha value is -4.03. The standard InChI is InChI=1S/C27H29ClN6O6/c1-15(35)33(2)21-10-8-19-23(31-21)24(25(40-19)27(38)30-20-9-5-17(28)13-29-20)32-26(37)16-3-6-18(7-4-16)34-11-12-39-14-22(34)36/h5,8-10,13,16,18H,3-4,6-7,11-12,14H2,1-2H3,(H,32,37)(H,29,30,38)/t16-,18-. The van der Waals surface area contributed by atoms with E-state index in [1.54, 1.807) is 25.2 Å². The highest BCUT2D eigenvalue weighted by molar-refractivity contribution is 6.30. The summed E-state index contributed by atoms with van der Waals surface area (Å²) in [7, 11) is 1.58. The van der Waals surface area contributed by atoms with Crippen molar-refractivity contribution >= 4 is 63.7 Å². The van der Waals surface area contributed by atoms with Gasteiger partial charge in [0, 0.05) is 38.7 Å². The lowest BCUT2D eigenvalue weighted by molar-refractivity contribution is -0.146. The zero-order valence-corrected chi connectivity index (χ0v) is 22.9. The van der Waals surface area contributed by atoms with E-state index in [0.29, 0.717) is 49.7 Å². The Morgan fingerprint density at radius 3 is 2.55 bits per heavy atom. The number of morpholine rings is 1. The maximum atomic E-state index is 13.4. The highest BCUT2D eigenvalue weighted by Crippen LogP contribution is 2.34. The molecule has 0 radical (unpaired) electrons. The molecule has 210 valence electrons. The molecule has 1 saturated carbocycles. The molecule has 1 saturated heterocycles. The van der Waals surface area contributed by atoms with Gasteiger partial charge in [0.1, 0.15) is 29.4 Å². The Balaban J connectivity index is 1.39. The Morgan fingerprint density at radius 2 is 1.88 bits per heavy atom. The van der Waals surface area contributed by atoms with E-state index in [2.05, 4.69) is 20.6 Å². The summed E-state index contributed by atoms with van der Waals surface area (Å²) in [6.07, 6.45) is 3.94. The van der Waals surface area contributed by atoms with Gasteiger partial charge in [0.15, 0.2) is 5.58 Å². The van der Waals surface area contributed by atoms with E-state index in [1.807, 2.05) is 4.90 Å². The molecule has 0 unspecified atom stereocenters. The summed E-state index contributed by atoms with van der Waals surface area (Å²) >= 11 is 5.90. The van der Waals surface area contributed by atoms with Crippen molar-refractivity contribution in [2.75, 3.05) is 42.3 Å². The summed E-state index contributed by atoms with van der Waals surface area (Å²) in [6.45, 7) is 2.58. The van der Waals surface area contributed by atoms with Crippen molar-refractivity contribution in [1.82, 2.24) is 14.9 Å². The molecule has 0 aromatic carbocycles. The number of anilines is 3. The molecule has 2 aliphatic rings. The van der Waals surface area contributed by atoms with Crippen molar-refractivity contribution in [2.24, 2.45) is 5.92 Å². The molecule has 4 heterocycles. The van der Waals surface area contributed by atoms with E-state index in [4.69, 9.17) is 20.8 Å². The van der Waals surface area contributed by atoms with Crippen LogP contribution in [-0.2, 0) is 19.1 Å². The third-order valence-electron chi connectivity index (χ3n) is 7.29. The third kappa shape index (κ3) is 5.77. The fourth-order valence-corrected chi connectivity index (χ4v) is 5.12. The predicted molar refractivity (Wildman–Crippen MR) is 147 cm³/mol. The van der Waals surface area contributed by atoms with Crippen molar-refractivity contribution in [3.63, 3.8) is 0 Å². The number of carbonyl (C=O) groups excluding carboxylic acids is 4. The van der Waals surface area contributed by atoms with E-state index < -0.39 is 5.91 Å². The molecule has 2 N–H and O–H groups in total. The summed E-state index contributed by atoms with van der Waals surface area (Å²) < 4.78 is 11.1. The van der Waals surface area contributed by atoms with E-state index in [-0.39, 0.29) is 64.7 Å². The molecular weight excluding hydrogens is 540 g/mol. The molecule has 4 amide bonds. The number of nitrogens with zero attached hydrogens (tertiary/aromatic N) is 4. The normalized spacial score (nSPS) is 19.4. The van der Waals surface area contributed by atoms with Gasteiger partial charge in [-0.15, -0.1) is 0 Å². The summed E-state index contributed by atoms with van der Waals surface area (Å²) in [5.41, 5.74) is 0.608. The number of furan rings is 1. The lowest BCUT2D eigenvalue weighted by atomic mass is 9.84. The quantitative estimate of drug-likeness (QED) is 0.459. The molecular formula is C27H29ClN6O6. The average Bonchev–Trinajstić information content (AvgIpc) is 3.31. The van der Waals surface area contributed by atoms with Gasteiger partial charge in [0.2, 0.25) is 23.5 Å². The van der Waals surface area contributed by atoms with Crippen molar-refractivity contribution in [2.45, 2.75) is 38.6 Å². The number of pyridine rings is 2. The molecule has 40 heavy (non-hydrogen) atoms. The Labute approximate surface area is 235 Å². The van der Waals surface area contributed by atoms with E-state index in [1.165, 1.54) is 24.1 Å². The summed E-state index contributed by atoms with van der Waals surface area (Å²) in [6, 6.07) is 6.38. The van der Waals surface area contributed by atoms with Gasteiger partial charge in [-0.2, -0.15) is 0 Å². The van der Waals surface area contributed by atoms with Crippen LogP contribution in [-0.4, -0.2) is 71.3 Å². The minimum Gasteiger partial charge on any atom is -0.447 e. The van der Waals surface area contributed by atoms with Gasteiger partial charge in [0.25, 0.3) is 5.91 Å². The molecule has 13 heteroatoms. The van der Waals surface area contributed by atoms with Gasteiger partial charge in [-0.25, -0.2) is 9.97 Å². The van der Waals surface area contributed by atoms with Gasteiger partial charge in [0.05, 0.1) is 11.6 Å². The SMILES string of the molecule is CC(=O)N(C)c1ccc2oc(C(=O)Nc3ccc(Cl)cn3)c(NC(=O)[C@H]3CC[C@H](N4CCOCC4=O)CC3)c2n1. The molecule has 12 nitrogen and oxygen atoms in total. The molecule has 3 aromatic heterocycles. The molecule has 1 aliphatic heterocycles. The Morgan fingerprint density at radius 1 is 1.10 bits per heavy atom. The fourth-order valence-electron chi connectivity index (χ4n) is 5.00. The maximum absolute atomic E-state index is 13.4. The first-order valence-corrected chi connectivity index (χ1v) is 13.4. The number of aromatic nitrogens is 2. The first-order valence-electron chi connectivity index (χ1n) is 13.0. The Bertz CT molecular complexity index is 1450. The third-order valence-corrected chi connectivity index (χ3v) is 7.51. The highest BCUT2D eigenvalue weighted by Gasteiger charge is 2.34. The van der Waals surface area contributed by atoms with Crippen LogP contribution in [0.2, 0.25) is 5.02 Å². The smallest absolute Gasteiger partial charge is 0.294 e. The highest BCUT2D eigenvalue weighted by atomic mass is 35.5. The topological polar surface area (TPSA) is 147 Å². The van der Waals surface area contributed by atoms with Crippen molar-refractivity contribution in [1.29, 1.82) is 0 Å². The van der Waals surface area contributed by atoms with Crippen LogP contribution in [0.1, 0.15) is 43.2 Å². The van der Waals surface area contributed by atoms with Gasteiger partial charge >= 0.3 is 0 Å². The van der Waals surface area contributed by atoms with Crippen molar-refractivity contribution in [3.8, 4) is 0 Å². The first-order chi connectivity index (χ1) is 19.2. The van der Waals surface area contributed by atoms with Gasteiger partial charge in [-0.05, 0) is 49.9 Å². The number of hydrogen-bond donors (Lipinski definition) is 2. The monoisotopic (exact) mass is 568 g/mol. The van der Waals surface area contributed by atoms with Gasteiger partial charge in [-0.3, -0.25) is 19.2 Å². The summed E-state index contributed by atoms with van der Waals surface area (Å²) in [5.74, 6) is -1.07. The lowest BCUT2D eigenvalue weighted by Crippen LogP contribution is -2.49. The Kier molecular flexibility index (Phi) is 7.99. The number of halogens is 1. The van der Waals surface area contributed by atoms with Crippen LogP contribution < -0.4 is 15.5 Å². The predicted octanol–water partition coefficient (Wildman–Crippen LogP) is 3.47. The van der Waals surface area contributed by atoms with Crippen molar-refractivity contribution < 1.29 is 28.3 Å². The number of amides is 4. The zero-order chi connectivity index (χ0) is 28.4. The summed E-state index contributed by atoms with van der Waals surface area (Å²) in [4.78, 5) is 62.7. The van der Waals surface area contributed by atoms with Crippen LogP contribution in [0, 0.1) is 5.92 Å². The number of fused-ring (bicyclic) bond motifs is 1. The van der Waals surface area contributed by atoms with E-state index in [9.17, 15) is 19.2 Å². The van der Waals surface area contributed by atoms with Crippen molar-refractivity contribution in [3.05, 3.63) is 41.2 Å². The van der Waals surface area contributed by atoms with Gasteiger partial charge in [-0.1, -0.05) is 11.6 Å². The van der Waals surface area contributed by atoms with E-state index in [0.717, 1.165) is 0 Å². The van der Waals surface area contributed by atoms with Crippen LogP contribution >= 0.6 is 11.6 Å². The molecule has 3 aromatic rings. The second kappa shape index (κ2) is 11.6. The van der Waals surface area contributed by atoms with Crippen LogP contribution in [0.15, 0.2) is 34.9 Å². The fraction of sp³-hybridized carbons (Fsp3) is 0.407. The lowest BCUT2D eigenvalue weighted by Gasteiger charge is -2.38. The molecule has 0 spiro atoms. The average molecular weight is 569 g/mol. The molecule has 1 aliphatic carbocycles. The van der Waals surface area contributed by atoms with Crippen LogP contribution in [0.4, 0.5) is 17.3 Å². The summed E-state index contributed by atoms with van der Waals surface area (Å²) in [5, 5.41) is 5.93. The largest absolute Gasteiger partial charge is 0.447 e. The number of hydrogen-bond acceptors (Lipinski definition) is 8. The molecule has 0 bridgehead atoms. The van der Waals surface area contributed by atoms with E-state index >= 15 is 0 Å². The van der Waals surface area contributed by atoms with Gasteiger partial charge < -0.3 is 29.6 Å². The minimum atomic E-state index is -0.640. The molecule has 5 rings (SSSR count). The molecule has 0 atom stereocenters. The second-order valence-electron chi connectivity index (χ2n) is 9.85. The van der Waals surface area contributed by atoms with Crippen LogP contribution in [0.25, 0.3) is 11.1 Å². The number of ether oxygens (including phenoxy) is 1. The maximum Gasteiger partial charge on any atom is 0.294 e. The minimum absolute atomic E-state index is 0.0211. The van der Waals surface area contributed by atoms with Crippen LogP contribution in [0.3, 0.4) is 0 Å². The van der Waals surface area contributed by atoms with Crippen LogP contribution in [0.5, 0.6) is 0 Å². The number of nitrogens with one attached hydrogen (secondary N) is 2. The first kappa shape index (κ1) is 27.5. The molecule has 2 fully saturated rings. The zero-order valence-electron chi connectivity index (χ0n) is 22.1. The number of rotatable bonds is 6. The second-order valence-corrected chi connectivity index (χ2v) is 10.3.